The zero-order valence-corrected chi connectivity index (χ0v) is 15.2. The monoisotopic (exact) mass is 381 g/mol. The lowest BCUT2D eigenvalue weighted by Crippen LogP contribution is -2.46. The molecule has 2 aromatic rings. The largest absolute Gasteiger partial charge is 0.467 e. The highest BCUT2D eigenvalue weighted by molar-refractivity contribution is 7.91. The lowest BCUT2D eigenvalue weighted by Gasteiger charge is -2.11. The van der Waals surface area contributed by atoms with E-state index in [1.165, 1.54) is 12.1 Å². The van der Waals surface area contributed by atoms with Crippen LogP contribution in [0.15, 0.2) is 52.0 Å². The molecule has 0 bridgehead atoms. The van der Waals surface area contributed by atoms with Gasteiger partial charge in [-0.05, 0) is 43.4 Å². The Bertz CT molecular complexity index is 816. The van der Waals surface area contributed by atoms with Crippen LogP contribution in [-0.4, -0.2) is 25.2 Å². The third-order valence-electron chi connectivity index (χ3n) is 3.30. The molecule has 0 saturated heterocycles. The molecule has 1 aromatic carbocycles. The van der Waals surface area contributed by atoms with Crippen LogP contribution in [0.4, 0.5) is 0 Å². The molecule has 7 nitrogen and oxygen atoms in total. The molecule has 0 aliphatic carbocycles. The molecule has 0 aliphatic rings. The minimum Gasteiger partial charge on any atom is -0.467 e. The number of furan rings is 1. The molecule has 134 valence electrons. The zero-order valence-electron chi connectivity index (χ0n) is 13.6. The maximum Gasteiger partial charge on any atom is 0.239 e. The highest BCUT2D eigenvalue weighted by atomic mass is 32.2. The fraction of sp³-hybridized carbons (Fsp3) is 0.250. The van der Waals surface area contributed by atoms with E-state index >= 15 is 0 Å². The average molecular weight is 381 g/mol. The second-order valence-corrected chi connectivity index (χ2v) is 7.83. The van der Waals surface area contributed by atoms with E-state index in [0.717, 1.165) is 5.56 Å². The number of hydrogen-bond donors (Lipinski definition) is 3. The van der Waals surface area contributed by atoms with Crippen molar-refractivity contribution in [1.82, 2.24) is 16.2 Å². The number of nitrogens with one attached hydrogen (secondary N) is 3. The Labute approximate surface area is 151 Å². The first kappa shape index (κ1) is 18.9. The number of carbonyl (C=O) groups is 1. The fourth-order valence-electron chi connectivity index (χ4n) is 1.90. The van der Waals surface area contributed by atoms with Crippen LogP contribution in [0.25, 0.3) is 0 Å². The number of thiocarbonyl (C=S) groups is 1. The number of amides is 1. The number of hydrogen-bond acceptors (Lipinski definition) is 5. The van der Waals surface area contributed by atoms with Crippen molar-refractivity contribution >= 4 is 33.1 Å². The van der Waals surface area contributed by atoms with E-state index in [1.54, 1.807) is 30.5 Å². The van der Waals surface area contributed by atoms with Crippen LogP contribution in [0, 0.1) is 6.92 Å². The molecule has 0 fully saturated rings. The second kappa shape index (κ2) is 8.63. The van der Waals surface area contributed by atoms with Crippen molar-refractivity contribution in [3.8, 4) is 0 Å². The maximum atomic E-state index is 12.2. The molecule has 0 unspecified atom stereocenters. The highest BCUT2D eigenvalue weighted by Gasteiger charge is 2.16. The molecule has 2 rings (SSSR count). The molecule has 0 saturated carbocycles. The number of carbonyl (C=O) groups excluding carboxylic acids is 1. The fourth-order valence-corrected chi connectivity index (χ4v) is 3.27. The second-order valence-electron chi connectivity index (χ2n) is 5.32. The van der Waals surface area contributed by atoms with Crippen LogP contribution in [0.1, 0.15) is 17.7 Å². The summed E-state index contributed by atoms with van der Waals surface area (Å²) in [4.78, 5) is 12.0. The van der Waals surface area contributed by atoms with Crippen LogP contribution >= 0.6 is 12.2 Å². The van der Waals surface area contributed by atoms with Gasteiger partial charge in [0, 0.05) is 6.42 Å². The van der Waals surface area contributed by atoms with Crippen molar-refractivity contribution < 1.29 is 17.6 Å². The lowest BCUT2D eigenvalue weighted by atomic mass is 10.2. The molecule has 0 radical (unpaired) electrons. The first-order chi connectivity index (χ1) is 11.9. The Balaban J connectivity index is 1.72. The van der Waals surface area contributed by atoms with Crippen molar-refractivity contribution in [2.45, 2.75) is 24.8 Å². The molecule has 3 N–H and O–H groups in total. The van der Waals surface area contributed by atoms with Crippen LogP contribution in [-0.2, 0) is 21.2 Å². The number of hydrazine groups is 1. The van der Waals surface area contributed by atoms with Crippen molar-refractivity contribution in [3.05, 3.63) is 54.0 Å². The molecule has 25 heavy (non-hydrogen) atoms. The molecular weight excluding hydrogens is 362 g/mol. The number of rotatable bonds is 6. The molecule has 0 aliphatic heterocycles. The van der Waals surface area contributed by atoms with E-state index in [0.29, 0.717) is 12.3 Å². The van der Waals surface area contributed by atoms with Gasteiger partial charge in [-0.2, -0.15) is 0 Å². The summed E-state index contributed by atoms with van der Waals surface area (Å²) >= 11 is 5.00. The van der Waals surface area contributed by atoms with Gasteiger partial charge >= 0.3 is 0 Å². The third kappa shape index (κ3) is 6.20. The van der Waals surface area contributed by atoms with Crippen LogP contribution < -0.4 is 16.2 Å². The van der Waals surface area contributed by atoms with Gasteiger partial charge in [-0.1, -0.05) is 17.7 Å². The molecular formula is C16H19N3O4S2. The standard InChI is InChI=1S/C16H19N3O4S2/c1-12-4-6-14(7-5-12)25(21,22)10-8-15(20)18-19-16(24)17-11-13-3-2-9-23-13/h2-7,9H,8,10-11H2,1H3,(H,18,20)(H2,17,19,24). The van der Waals surface area contributed by atoms with Crippen molar-refractivity contribution in [2.75, 3.05) is 5.75 Å². The Morgan fingerprint density at radius 3 is 2.52 bits per heavy atom. The number of aryl methyl sites for hydroxylation is 1. The summed E-state index contributed by atoms with van der Waals surface area (Å²) in [5.74, 6) is -0.0617. The molecule has 9 heteroatoms. The van der Waals surface area contributed by atoms with E-state index in [9.17, 15) is 13.2 Å². The van der Waals surface area contributed by atoms with Gasteiger partial charge in [-0.15, -0.1) is 0 Å². The van der Waals surface area contributed by atoms with Gasteiger partial charge in [0.05, 0.1) is 23.5 Å². The molecule has 1 amide bonds. The van der Waals surface area contributed by atoms with Gasteiger partial charge in [-0.3, -0.25) is 15.6 Å². The van der Waals surface area contributed by atoms with Crippen LogP contribution in [0.5, 0.6) is 0 Å². The topological polar surface area (TPSA) is 100 Å². The van der Waals surface area contributed by atoms with Gasteiger partial charge in [0.15, 0.2) is 14.9 Å². The van der Waals surface area contributed by atoms with Crippen molar-refractivity contribution in [3.63, 3.8) is 0 Å². The maximum absolute atomic E-state index is 12.2. The van der Waals surface area contributed by atoms with E-state index < -0.39 is 15.7 Å². The van der Waals surface area contributed by atoms with Gasteiger partial charge in [0.1, 0.15) is 5.76 Å². The SMILES string of the molecule is Cc1ccc(S(=O)(=O)CCC(=O)NNC(=S)NCc2ccco2)cc1. The predicted molar refractivity (Wildman–Crippen MR) is 97.3 cm³/mol. The average Bonchev–Trinajstić information content (AvgIpc) is 3.10. The van der Waals surface area contributed by atoms with Crippen molar-refractivity contribution in [2.24, 2.45) is 0 Å². The highest BCUT2D eigenvalue weighted by Crippen LogP contribution is 2.12. The summed E-state index contributed by atoms with van der Waals surface area (Å²) in [5.41, 5.74) is 5.84. The Morgan fingerprint density at radius 1 is 1.16 bits per heavy atom. The Morgan fingerprint density at radius 2 is 1.88 bits per heavy atom. The van der Waals surface area contributed by atoms with Gasteiger partial charge in [-0.25, -0.2) is 8.42 Å². The lowest BCUT2D eigenvalue weighted by molar-refractivity contribution is -0.121. The number of sulfone groups is 1. The first-order valence-corrected chi connectivity index (χ1v) is 9.57. The summed E-state index contributed by atoms with van der Waals surface area (Å²) in [6.45, 7) is 2.24. The van der Waals surface area contributed by atoms with E-state index in [-0.39, 0.29) is 22.2 Å². The van der Waals surface area contributed by atoms with E-state index in [1.807, 2.05) is 6.92 Å². The summed E-state index contributed by atoms with van der Waals surface area (Å²) < 4.78 is 29.5. The van der Waals surface area contributed by atoms with E-state index in [2.05, 4.69) is 16.2 Å². The van der Waals surface area contributed by atoms with Crippen LogP contribution in [0.2, 0.25) is 0 Å². The van der Waals surface area contributed by atoms with Gasteiger partial charge in [0.25, 0.3) is 0 Å². The minimum absolute atomic E-state index is 0.177. The van der Waals surface area contributed by atoms with Crippen LogP contribution in [0.3, 0.4) is 0 Å². The quantitative estimate of drug-likeness (QED) is 0.514. The molecule has 1 aromatic heterocycles. The molecule has 1 heterocycles. The summed E-state index contributed by atoms with van der Waals surface area (Å²) in [7, 11) is -3.50. The first-order valence-electron chi connectivity index (χ1n) is 7.51. The third-order valence-corrected chi connectivity index (χ3v) is 5.28. The van der Waals surface area contributed by atoms with Gasteiger partial charge in [0.2, 0.25) is 5.91 Å². The van der Waals surface area contributed by atoms with Gasteiger partial charge < -0.3 is 9.73 Å². The Hall–Kier alpha value is -2.39. The Kier molecular flexibility index (Phi) is 6.54. The summed E-state index contributed by atoms with van der Waals surface area (Å²) in [6, 6.07) is 10.0. The molecule has 0 spiro atoms. The predicted octanol–water partition coefficient (Wildman–Crippen LogP) is 1.45. The minimum atomic E-state index is -3.50. The summed E-state index contributed by atoms with van der Waals surface area (Å²) in [5, 5.41) is 3.04. The van der Waals surface area contributed by atoms with E-state index in [4.69, 9.17) is 16.6 Å². The normalized spacial score (nSPS) is 10.9. The summed E-state index contributed by atoms with van der Waals surface area (Å²) in [6.07, 6.45) is 1.37. The smallest absolute Gasteiger partial charge is 0.239 e. The molecule has 0 atom stereocenters. The van der Waals surface area contributed by atoms with Crippen molar-refractivity contribution in [1.29, 1.82) is 0 Å². The number of benzene rings is 1. The zero-order chi connectivity index (χ0) is 18.3.